The minimum absolute atomic E-state index is 0.176. The maximum absolute atomic E-state index is 13.8. The number of amides is 2. The van der Waals surface area contributed by atoms with E-state index in [1.807, 2.05) is 84.3 Å². The molecule has 5 heteroatoms. The van der Waals surface area contributed by atoms with E-state index in [2.05, 4.69) is 0 Å². The van der Waals surface area contributed by atoms with Crippen molar-refractivity contribution in [2.24, 2.45) is 0 Å². The van der Waals surface area contributed by atoms with Gasteiger partial charge in [-0.05, 0) is 28.1 Å². The van der Waals surface area contributed by atoms with E-state index in [1.165, 1.54) is 16.2 Å². The first-order valence-corrected chi connectivity index (χ1v) is 9.98. The van der Waals surface area contributed by atoms with Gasteiger partial charge in [-0.15, -0.1) is 11.3 Å². The molecule has 0 bridgehead atoms. The highest BCUT2D eigenvalue weighted by Gasteiger charge is 2.58. The number of thiophene rings is 1. The van der Waals surface area contributed by atoms with Crippen molar-refractivity contribution in [3.8, 4) is 0 Å². The average molecular weight is 387 g/mol. The van der Waals surface area contributed by atoms with E-state index in [9.17, 15) is 9.59 Å². The summed E-state index contributed by atoms with van der Waals surface area (Å²) in [6.45, 7) is 0.176. The van der Waals surface area contributed by atoms with Crippen LogP contribution in [-0.2, 0) is 14.9 Å². The van der Waals surface area contributed by atoms with Gasteiger partial charge in [0.2, 0.25) is 0 Å². The van der Waals surface area contributed by atoms with Crippen LogP contribution >= 0.6 is 11.3 Å². The summed E-state index contributed by atoms with van der Waals surface area (Å²) in [7, 11) is 0. The van der Waals surface area contributed by atoms with Crippen molar-refractivity contribution in [1.29, 1.82) is 0 Å². The Labute approximate surface area is 166 Å². The molecule has 28 heavy (non-hydrogen) atoms. The summed E-state index contributed by atoms with van der Waals surface area (Å²) in [6, 6.07) is 22.9. The summed E-state index contributed by atoms with van der Waals surface area (Å²) in [4.78, 5) is 28.5. The van der Waals surface area contributed by atoms with Crippen LogP contribution < -0.4 is 0 Å². The number of benzene rings is 2. The molecule has 138 valence electrons. The van der Waals surface area contributed by atoms with E-state index in [0.717, 1.165) is 21.6 Å². The molecule has 2 amide bonds. The smallest absolute Gasteiger partial charge is 0.417 e. The van der Waals surface area contributed by atoms with Gasteiger partial charge in [0.1, 0.15) is 18.1 Å². The van der Waals surface area contributed by atoms with Crippen molar-refractivity contribution >= 4 is 28.9 Å². The number of cyclic esters (lactones) is 1. The van der Waals surface area contributed by atoms with Gasteiger partial charge in [-0.2, -0.15) is 0 Å². The Bertz CT molecular complexity index is 1060. The molecule has 0 saturated carbocycles. The van der Waals surface area contributed by atoms with Gasteiger partial charge in [-0.3, -0.25) is 4.79 Å². The Kier molecular flexibility index (Phi) is 3.91. The molecule has 1 fully saturated rings. The molecule has 2 aromatic carbocycles. The fourth-order valence-corrected chi connectivity index (χ4v) is 4.76. The Balaban J connectivity index is 1.55. The molecule has 0 N–H and O–H groups in total. The summed E-state index contributed by atoms with van der Waals surface area (Å²) in [5.41, 5.74) is 1.93. The third kappa shape index (κ3) is 2.51. The Morgan fingerprint density at radius 1 is 1.00 bits per heavy atom. The van der Waals surface area contributed by atoms with E-state index in [1.54, 1.807) is 0 Å². The van der Waals surface area contributed by atoms with Gasteiger partial charge in [0.05, 0.1) is 0 Å². The number of rotatable bonds is 4. The minimum atomic E-state index is -0.897. The highest BCUT2D eigenvalue weighted by Crippen LogP contribution is 2.56. The lowest BCUT2D eigenvalue weighted by atomic mass is 9.91. The Hall–Kier alpha value is -3.18. The molecule has 0 radical (unpaired) electrons. The number of carbonyl (C=O) groups is 2. The first kappa shape index (κ1) is 17.0. The van der Waals surface area contributed by atoms with Crippen LogP contribution in [0.5, 0.6) is 0 Å². The number of hydrogen-bond donors (Lipinski definition) is 0. The molecule has 2 heterocycles. The van der Waals surface area contributed by atoms with Crippen LogP contribution in [0.2, 0.25) is 0 Å². The molecule has 1 aliphatic heterocycles. The maximum Gasteiger partial charge on any atom is 0.417 e. The van der Waals surface area contributed by atoms with E-state index in [4.69, 9.17) is 4.74 Å². The van der Waals surface area contributed by atoms with Crippen LogP contribution in [-0.4, -0.2) is 23.5 Å². The number of ether oxygens (including phenoxy) is 1. The summed E-state index contributed by atoms with van der Waals surface area (Å²) in [5.74, 6) is -0.245. The van der Waals surface area contributed by atoms with Gasteiger partial charge in [-0.25, -0.2) is 9.69 Å². The second-order valence-corrected chi connectivity index (χ2v) is 7.84. The normalized spacial score (nSPS) is 23.3. The fourth-order valence-electron chi connectivity index (χ4n) is 3.85. The number of carbonyl (C=O) groups excluding carboxylic acids is 2. The lowest BCUT2D eigenvalue weighted by Crippen LogP contribution is -2.42. The molecule has 3 aromatic rings. The largest absolute Gasteiger partial charge is 0.446 e. The zero-order valence-electron chi connectivity index (χ0n) is 14.9. The standard InChI is InChI=1S/C23H17NO3S/c25-21(24-19(15-27-22(24)26)17-10-5-2-6-11-17)23(20-12-7-13-28-20)14-18(23)16-8-3-1-4-9-16/h1-14,19H,15H2/t19-,23-/m1/s1. The lowest BCUT2D eigenvalue weighted by molar-refractivity contribution is -0.130. The van der Waals surface area contributed by atoms with Gasteiger partial charge in [0.15, 0.2) is 0 Å². The molecule has 5 rings (SSSR count). The first-order valence-electron chi connectivity index (χ1n) is 9.10. The predicted octanol–water partition coefficient (Wildman–Crippen LogP) is 4.80. The molecule has 1 aromatic heterocycles. The van der Waals surface area contributed by atoms with Crippen LogP contribution in [0, 0.1) is 0 Å². The molecular formula is C23H17NO3S. The predicted molar refractivity (Wildman–Crippen MR) is 108 cm³/mol. The Morgan fingerprint density at radius 2 is 1.71 bits per heavy atom. The van der Waals surface area contributed by atoms with Gasteiger partial charge in [0, 0.05) is 4.88 Å². The van der Waals surface area contributed by atoms with Crippen molar-refractivity contribution in [3.63, 3.8) is 0 Å². The van der Waals surface area contributed by atoms with Crippen LogP contribution in [0.15, 0.2) is 84.3 Å². The second kappa shape index (κ2) is 6.46. The number of nitrogens with zero attached hydrogens (tertiary/aromatic N) is 1. The van der Waals surface area contributed by atoms with E-state index in [-0.39, 0.29) is 12.5 Å². The van der Waals surface area contributed by atoms with Crippen molar-refractivity contribution in [3.05, 3.63) is 100 Å². The molecule has 0 spiro atoms. The average Bonchev–Trinajstić information content (AvgIpc) is 3.07. The van der Waals surface area contributed by atoms with Gasteiger partial charge in [-0.1, -0.05) is 72.8 Å². The van der Waals surface area contributed by atoms with E-state index >= 15 is 0 Å². The SMILES string of the molecule is O=C1OC[C@H](c2ccccc2)N1C(=O)[C@]1(c2cccs2)C=C1c1ccccc1. The number of hydrogen-bond acceptors (Lipinski definition) is 4. The molecule has 2 atom stereocenters. The molecule has 4 nitrogen and oxygen atoms in total. The third-order valence-electron chi connectivity index (χ3n) is 5.31. The molecule has 1 saturated heterocycles. The van der Waals surface area contributed by atoms with Crippen molar-refractivity contribution in [2.45, 2.75) is 11.5 Å². The summed E-state index contributed by atoms with van der Waals surface area (Å²) >= 11 is 1.52. The number of imide groups is 1. The van der Waals surface area contributed by atoms with Gasteiger partial charge >= 0.3 is 6.09 Å². The fraction of sp³-hybridized carbons (Fsp3) is 0.130. The van der Waals surface area contributed by atoms with E-state index in [0.29, 0.717) is 0 Å². The van der Waals surface area contributed by atoms with Crippen molar-refractivity contribution < 1.29 is 14.3 Å². The highest BCUT2D eigenvalue weighted by atomic mass is 32.1. The topological polar surface area (TPSA) is 46.6 Å². The van der Waals surface area contributed by atoms with Crippen molar-refractivity contribution in [2.75, 3.05) is 6.61 Å². The van der Waals surface area contributed by atoms with Crippen LogP contribution in [0.3, 0.4) is 0 Å². The zero-order chi connectivity index (χ0) is 19.1. The Morgan fingerprint density at radius 3 is 2.39 bits per heavy atom. The maximum atomic E-state index is 13.8. The van der Waals surface area contributed by atoms with Crippen LogP contribution in [0.1, 0.15) is 22.0 Å². The highest BCUT2D eigenvalue weighted by molar-refractivity contribution is 7.10. The second-order valence-electron chi connectivity index (χ2n) is 6.89. The molecule has 0 unspecified atom stereocenters. The quantitative estimate of drug-likeness (QED) is 0.646. The zero-order valence-corrected chi connectivity index (χ0v) is 15.8. The summed E-state index contributed by atoms with van der Waals surface area (Å²) < 4.78 is 5.28. The third-order valence-corrected chi connectivity index (χ3v) is 6.32. The summed E-state index contributed by atoms with van der Waals surface area (Å²) in [5, 5.41) is 1.95. The summed E-state index contributed by atoms with van der Waals surface area (Å²) in [6.07, 6.45) is 1.38. The first-order chi connectivity index (χ1) is 13.7. The monoisotopic (exact) mass is 387 g/mol. The minimum Gasteiger partial charge on any atom is -0.446 e. The lowest BCUT2D eigenvalue weighted by Gasteiger charge is -2.26. The molecular weight excluding hydrogens is 370 g/mol. The van der Waals surface area contributed by atoms with Gasteiger partial charge < -0.3 is 4.74 Å². The van der Waals surface area contributed by atoms with Crippen LogP contribution in [0.25, 0.3) is 5.57 Å². The van der Waals surface area contributed by atoms with Crippen LogP contribution in [0.4, 0.5) is 4.79 Å². The molecule has 1 aliphatic carbocycles. The molecule has 2 aliphatic rings. The van der Waals surface area contributed by atoms with E-state index < -0.39 is 17.6 Å². The van der Waals surface area contributed by atoms with Gasteiger partial charge in [0.25, 0.3) is 5.91 Å². The van der Waals surface area contributed by atoms with Crippen molar-refractivity contribution in [1.82, 2.24) is 4.90 Å².